The second-order valence-corrected chi connectivity index (χ2v) is 6.44. The lowest BCUT2D eigenvalue weighted by Gasteiger charge is -2.33. The van der Waals surface area contributed by atoms with E-state index in [9.17, 15) is 5.11 Å². The molecule has 1 aliphatic heterocycles. The number of nitrogens with zero attached hydrogens (tertiary/aromatic N) is 3. The number of phenolic OH excluding ortho intramolecular Hbond substituents is 1. The second kappa shape index (κ2) is 8.23. The number of aromatic hydroxyl groups is 1. The predicted octanol–water partition coefficient (Wildman–Crippen LogP) is 3.21. The number of rotatable bonds is 5. The summed E-state index contributed by atoms with van der Waals surface area (Å²) in [6.45, 7) is 4.53. The van der Waals surface area contributed by atoms with Gasteiger partial charge in [0.15, 0.2) is 11.5 Å². The molecule has 0 radical (unpaired) electrons. The van der Waals surface area contributed by atoms with Crippen LogP contribution in [0.1, 0.15) is 11.1 Å². The monoisotopic (exact) mass is 359 g/mol. The van der Waals surface area contributed by atoms with Gasteiger partial charge in [-0.1, -0.05) is 29.8 Å². The molecule has 0 atom stereocenters. The van der Waals surface area contributed by atoms with Crippen molar-refractivity contribution in [2.24, 2.45) is 5.10 Å². The van der Waals surface area contributed by atoms with Crippen LogP contribution in [-0.4, -0.2) is 54.5 Å². The normalized spacial score (nSPS) is 15.7. The molecular weight excluding hydrogens is 338 g/mol. The van der Waals surface area contributed by atoms with E-state index in [1.807, 2.05) is 29.3 Å². The molecule has 0 aliphatic carbocycles. The maximum Gasteiger partial charge on any atom is 0.166 e. The number of hydrazone groups is 1. The molecule has 25 heavy (non-hydrogen) atoms. The first-order chi connectivity index (χ1) is 12.2. The van der Waals surface area contributed by atoms with Crippen molar-refractivity contribution >= 4 is 17.8 Å². The van der Waals surface area contributed by atoms with Gasteiger partial charge in [-0.05, 0) is 29.8 Å². The Bertz CT molecular complexity index is 726. The highest BCUT2D eigenvalue weighted by Crippen LogP contribution is 2.28. The quantitative estimate of drug-likeness (QED) is 0.833. The second-order valence-electron chi connectivity index (χ2n) is 6.00. The lowest BCUT2D eigenvalue weighted by atomic mass is 10.2. The maximum absolute atomic E-state index is 10.1. The zero-order chi connectivity index (χ0) is 17.6. The molecule has 0 spiro atoms. The molecule has 0 saturated carbocycles. The fourth-order valence-electron chi connectivity index (χ4n) is 2.81. The van der Waals surface area contributed by atoms with Gasteiger partial charge in [0.2, 0.25) is 0 Å². The number of methoxy groups -OCH3 is 1. The smallest absolute Gasteiger partial charge is 0.166 e. The van der Waals surface area contributed by atoms with Crippen molar-refractivity contribution in [3.8, 4) is 11.5 Å². The Hall–Kier alpha value is -2.24. The van der Waals surface area contributed by atoms with Crippen LogP contribution in [0.15, 0.2) is 47.6 Å². The average molecular weight is 360 g/mol. The molecule has 132 valence electrons. The van der Waals surface area contributed by atoms with Crippen molar-refractivity contribution < 1.29 is 9.84 Å². The van der Waals surface area contributed by atoms with Crippen molar-refractivity contribution in [1.29, 1.82) is 0 Å². The van der Waals surface area contributed by atoms with Crippen LogP contribution in [0.25, 0.3) is 0 Å². The summed E-state index contributed by atoms with van der Waals surface area (Å²) >= 11 is 5.93. The van der Waals surface area contributed by atoms with Gasteiger partial charge in [-0.25, -0.2) is 0 Å². The molecule has 0 aromatic heterocycles. The van der Waals surface area contributed by atoms with Crippen LogP contribution in [0.2, 0.25) is 5.02 Å². The summed E-state index contributed by atoms with van der Waals surface area (Å²) in [6, 6.07) is 13.4. The molecule has 1 heterocycles. The van der Waals surface area contributed by atoms with E-state index in [1.54, 1.807) is 12.3 Å². The van der Waals surface area contributed by atoms with Crippen LogP contribution in [0.4, 0.5) is 0 Å². The molecular formula is C19H22ClN3O2. The summed E-state index contributed by atoms with van der Waals surface area (Å²) in [5.41, 5.74) is 1.92. The minimum atomic E-state index is 0.120. The van der Waals surface area contributed by atoms with Gasteiger partial charge in [0.25, 0.3) is 0 Å². The Morgan fingerprint density at radius 3 is 2.52 bits per heavy atom. The van der Waals surface area contributed by atoms with Crippen LogP contribution < -0.4 is 4.74 Å². The van der Waals surface area contributed by atoms with Crippen molar-refractivity contribution in [3.63, 3.8) is 0 Å². The maximum atomic E-state index is 10.1. The van der Waals surface area contributed by atoms with E-state index in [4.69, 9.17) is 16.3 Å². The summed E-state index contributed by atoms with van der Waals surface area (Å²) < 4.78 is 5.12. The number of phenols is 1. The van der Waals surface area contributed by atoms with Gasteiger partial charge in [-0.15, -0.1) is 0 Å². The Morgan fingerprint density at radius 1 is 1.12 bits per heavy atom. The van der Waals surface area contributed by atoms with E-state index in [0.29, 0.717) is 11.3 Å². The molecule has 2 aromatic rings. The third-order valence-corrected chi connectivity index (χ3v) is 4.53. The molecule has 1 aliphatic rings. The van der Waals surface area contributed by atoms with Gasteiger partial charge >= 0.3 is 0 Å². The predicted molar refractivity (Wildman–Crippen MR) is 101 cm³/mol. The molecule has 6 heteroatoms. The van der Waals surface area contributed by atoms with Crippen LogP contribution in [0, 0.1) is 0 Å². The fourth-order valence-corrected chi connectivity index (χ4v) is 2.94. The summed E-state index contributed by atoms with van der Waals surface area (Å²) in [6.07, 6.45) is 1.69. The molecule has 0 bridgehead atoms. The Balaban J connectivity index is 1.53. The third-order valence-electron chi connectivity index (χ3n) is 4.28. The molecule has 0 amide bonds. The summed E-state index contributed by atoms with van der Waals surface area (Å²) in [7, 11) is 1.54. The highest BCUT2D eigenvalue weighted by atomic mass is 35.5. The highest BCUT2D eigenvalue weighted by Gasteiger charge is 2.15. The van der Waals surface area contributed by atoms with E-state index in [1.165, 1.54) is 12.7 Å². The summed E-state index contributed by atoms with van der Waals surface area (Å²) in [4.78, 5) is 2.40. The SMILES string of the molecule is COc1cccc(C=NN2CCN(Cc3ccc(Cl)cc3)CC2)c1O. The third kappa shape index (κ3) is 4.65. The van der Waals surface area contributed by atoms with Gasteiger partial charge in [0, 0.05) is 43.3 Å². The van der Waals surface area contributed by atoms with Crippen LogP contribution >= 0.6 is 11.6 Å². The Labute approximate surface area is 153 Å². The first-order valence-corrected chi connectivity index (χ1v) is 8.65. The molecule has 2 aromatic carbocycles. The number of para-hydroxylation sites is 1. The first-order valence-electron chi connectivity index (χ1n) is 8.27. The van der Waals surface area contributed by atoms with Crippen LogP contribution in [0.5, 0.6) is 11.5 Å². The Kier molecular flexibility index (Phi) is 5.79. The zero-order valence-electron chi connectivity index (χ0n) is 14.2. The average Bonchev–Trinajstić information content (AvgIpc) is 2.64. The highest BCUT2D eigenvalue weighted by molar-refractivity contribution is 6.30. The van der Waals surface area contributed by atoms with E-state index in [0.717, 1.165) is 37.7 Å². The summed E-state index contributed by atoms with van der Waals surface area (Å²) in [5.74, 6) is 0.576. The molecule has 0 unspecified atom stereocenters. The topological polar surface area (TPSA) is 48.3 Å². The van der Waals surface area contributed by atoms with Gasteiger partial charge in [0.1, 0.15) is 0 Å². The summed E-state index contributed by atoms with van der Waals surface area (Å²) in [5, 5.41) is 17.4. The number of benzene rings is 2. The number of hydrogen-bond acceptors (Lipinski definition) is 5. The lowest BCUT2D eigenvalue weighted by Crippen LogP contribution is -2.43. The molecule has 5 nitrogen and oxygen atoms in total. The van der Waals surface area contributed by atoms with Gasteiger partial charge < -0.3 is 9.84 Å². The minimum absolute atomic E-state index is 0.120. The molecule has 3 rings (SSSR count). The van der Waals surface area contributed by atoms with Gasteiger partial charge in [-0.3, -0.25) is 9.91 Å². The van der Waals surface area contributed by atoms with E-state index >= 15 is 0 Å². The number of piperazine rings is 1. The van der Waals surface area contributed by atoms with Gasteiger partial charge in [0.05, 0.1) is 13.3 Å². The zero-order valence-corrected chi connectivity index (χ0v) is 15.0. The lowest BCUT2D eigenvalue weighted by molar-refractivity contribution is 0.131. The van der Waals surface area contributed by atoms with Crippen molar-refractivity contribution in [1.82, 2.24) is 9.91 Å². The molecule has 1 saturated heterocycles. The molecule has 1 fully saturated rings. The standard InChI is InChI=1S/C19H22ClN3O2/c1-25-18-4-2-3-16(19(18)24)13-21-23-11-9-22(10-12-23)14-15-5-7-17(20)8-6-15/h2-8,13,24H,9-12,14H2,1H3. The minimum Gasteiger partial charge on any atom is -0.504 e. The molecule has 1 N–H and O–H groups in total. The largest absolute Gasteiger partial charge is 0.504 e. The Morgan fingerprint density at radius 2 is 1.84 bits per heavy atom. The van der Waals surface area contributed by atoms with Gasteiger partial charge in [-0.2, -0.15) is 5.10 Å². The fraction of sp³-hybridized carbons (Fsp3) is 0.316. The van der Waals surface area contributed by atoms with Crippen molar-refractivity contribution in [3.05, 3.63) is 58.6 Å². The van der Waals surface area contributed by atoms with Crippen molar-refractivity contribution in [2.45, 2.75) is 6.54 Å². The van der Waals surface area contributed by atoms with Crippen LogP contribution in [0.3, 0.4) is 0 Å². The van der Waals surface area contributed by atoms with E-state index in [2.05, 4.69) is 22.1 Å². The number of halogens is 1. The number of ether oxygens (including phenoxy) is 1. The number of hydrogen-bond donors (Lipinski definition) is 1. The van der Waals surface area contributed by atoms with E-state index < -0.39 is 0 Å². The van der Waals surface area contributed by atoms with E-state index in [-0.39, 0.29) is 5.75 Å². The van der Waals surface area contributed by atoms with Crippen LogP contribution in [-0.2, 0) is 6.54 Å². The first kappa shape index (κ1) is 17.6. The van der Waals surface area contributed by atoms with Crippen molar-refractivity contribution in [2.75, 3.05) is 33.3 Å².